The Balaban J connectivity index is 0.000000210. The molecule has 11 aromatic rings. The monoisotopic (exact) mass is 1680 g/mol. The number of carboxylic acid groups (broad SMARTS) is 5. The van der Waals surface area contributed by atoms with E-state index in [2.05, 4.69) is 78.7 Å². The van der Waals surface area contributed by atoms with E-state index in [0.717, 1.165) is 130 Å². The number of H-pyrrole nitrogens is 5. The Morgan fingerprint density at radius 3 is 0.902 bits per heavy atom. The van der Waals surface area contributed by atoms with Crippen LogP contribution in [0.5, 0.6) is 0 Å². The van der Waals surface area contributed by atoms with E-state index >= 15 is 0 Å². The van der Waals surface area contributed by atoms with Crippen molar-refractivity contribution in [3.8, 4) is 56.3 Å². The molecular weight excluding hydrogens is 1570 g/mol. The molecule has 0 saturated carbocycles. The fourth-order valence-corrected chi connectivity index (χ4v) is 13.4. The first-order valence-electron chi connectivity index (χ1n) is 40.2. The number of carboxylic acids is 5. The number of benzene rings is 6. The lowest BCUT2D eigenvalue weighted by molar-refractivity contribution is -0.191. The molecule has 646 valence electrons. The van der Waals surface area contributed by atoms with Crippen LogP contribution in [-0.4, -0.2) is 191 Å². The second kappa shape index (κ2) is 46.3. The normalized spacial score (nSPS) is 11.2. The first kappa shape index (κ1) is 95.9. The highest BCUT2D eigenvalue weighted by atomic mass is 16.4. The molecule has 6 aromatic carbocycles. The van der Waals surface area contributed by atoms with Crippen molar-refractivity contribution in [2.75, 3.05) is 120 Å². The van der Waals surface area contributed by atoms with Crippen molar-refractivity contribution >= 4 is 70.1 Å². The van der Waals surface area contributed by atoms with E-state index in [4.69, 9.17) is 35.1 Å². The van der Waals surface area contributed by atoms with Crippen LogP contribution in [0.2, 0.25) is 0 Å². The zero-order chi connectivity index (χ0) is 90.3. The summed E-state index contributed by atoms with van der Waals surface area (Å²) in [6.45, 7) is 18.5. The number of hydrogen-bond acceptors (Lipinski definition) is 19. The molecule has 29 heteroatoms. The molecule has 0 atom stereocenters. The summed E-state index contributed by atoms with van der Waals surface area (Å²) in [7, 11) is 14.2. The summed E-state index contributed by atoms with van der Waals surface area (Å²) in [5, 5.41) is 48.8. The molecule has 1 fully saturated rings. The molecule has 11 N–H and O–H groups in total. The maximum Gasteiger partial charge on any atom is 0.373 e. The minimum absolute atomic E-state index is 0.209. The van der Waals surface area contributed by atoms with E-state index in [-0.39, 0.29) is 34.0 Å². The molecule has 0 amide bonds. The minimum atomic E-state index is -1.22. The molecule has 1 aliphatic rings. The first-order valence-corrected chi connectivity index (χ1v) is 40.2. The Hall–Kier alpha value is -14.3. The molecule has 123 heavy (non-hydrogen) atoms. The van der Waals surface area contributed by atoms with Gasteiger partial charge in [-0.2, -0.15) is 9.59 Å². The predicted octanol–water partition coefficient (Wildman–Crippen LogP) is 13.7. The predicted molar refractivity (Wildman–Crippen MR) is 483 cm³/mol. The number of nitrogens with zero attached hydrogens (tertiary/aromatic N) is 6. The molecule has 0 radical (unpaired) electrons. The molecule has 5 aromatic heterocycles. The number of likely N-dealkylation sites (N-methyl/N-ethyl adjacent to an activating group) is 3. The number of aromatic carboxylic acids is 5. The minimum Gasteiger partial charge on any atom is -0.477 e. The zero-order valence-corrected chi connectivity index (χ0v) is 71.5. The van der Waals surface area contributed by atoms with Crippen molar-refractivity contribution < 1.29 is 59.1 Å². The summed E-state index contributed by atoms with van der Waals surface area (Å²) in [6.07, 6.45) is 5.89. The fraction of sp³-hybridized carbons (Fsp3) is 0.287. The van der Waals surface area contributed by atoms with Crippen LogP contribution >= 0.6 is 0 Å². The number of aromatic nitrogens is 5. The summed E-state index contributed by atoms with van der Waals surface area (Å²) in [5.41, 5.74) is 14.3. The average molecular weight is 1680 g/mol. The van der Waals surface area contributed by atoms with Crippen molar-refractivity contribution in [3.63, 3.8) is 0 Å². The maximum absolute atomic E-state index is 12.0. The fourth-order valence-electron chi connectivity index (χ4n) is 13.4. The Kier molecular flexibility index (Phi) is 36.1. The van der Waals surface area contributed by atoms with Gasteiger partial charge < -0.3 is 85.2 Å². The Bertz CT molecular complexity index is 5770. The SMILES string of the molecule is CCc1cc(C(=O)O)c(=O)[nH]c1-c1ccc(N(C)CC)cc1.CCc1cc(C(=O)O)c(=O)[nH]c1-c1ccc(N(C)CCN(C)C)cc1.CCc1cc(C(=O)O)c(=O)[nH]c1-c1ccc(N(C)c2ccccc2)cc1.CCc1cc(C(=O)O)c(=O)[nH]c1-c1ccc(N2CCCC2)cc1.CCc1cc(C(=O)O)c(=O)[nH]c1-c1ccc(NCCN(C)C)cc1.O=C=O. The molecule has 6 heterocycles. The lowest BCUT2D eigenvalue weighted by atomic mass is 10.0. The van der Waals surface area contributed by atoms with Crippen molar-refractivity contribution in [3.05, 3.63) is 289 Å². The van der Waals surface area contributed by atoms with Crippen molar-refractivity contribution in [2.45, 2.75) is 86.5 Å². The van der Waals surface area contributed by atoms with E-state index in [1.54, 1.807) is 0 Å². The number of carbonyl (C=O) groups excluding carboxylic acids is 2. The van der Waals surface area contributed by atoms with Gasteiger partial charge in [-0.25, -0.2) is 24.0 Å². The summed E-state index contributed by atoms with van der Waals surface area (Å²) < 4.78 is 0. The summed E-state index contributed by atoms with van der Waals surface area (Å²) in [4.78, 5) is 158. The van der Waals surface area contributed by atoms with Crippen LogP contribution < -0.4 is 52.7 Å². The summed E-state index contributed by atoms with van der Waals surface area (Å²) >= 11 is 0. The lowest BCUT2D eigenvalue weighted by Crippen LogP contribution is -2.28. The number of pyridine rings is 5. The molecule has 0 bridgehead atoms. The van der Waals surface area contributed by atoms with Crippen LogP contribution in [0, 0.1) is 0 Å². The lowest BCUT2D eigenvalue weighted by Gasteiger charge is -2.22. The summed E-state index contributed by atoms with van der Waals surface area (Å²) in [6, 6.07) is 56.8. The molecule has 29 nitrogen and oxygen atoms in total. The van der Waals surface area contributed by atoms with Gasteiger partial charge in [0, 0.05) is 101 Å². The average Bonchev–Trinajstić information content (AvgIpc) is 0.916. The number of anilines is 6. The van der Waals surface area contributed by atoms with Crippen LogP contribution in [0.1, 0.15) is 134 Å². The number of nitrogens with one attached hydrogen (secondary N) is 6. The van der Waals surface area contributed by atoms with E-state index < -0.39 is 57.6 Å². The number of aromatic amines is 5. The van der Waals surface area contributed by atoms with Gasteiger partial charge in [0.15, 0.2) is 0 Å². The van der Waals surface area contributed by atoms with Gasteiger partial charge in [-0.3, -0.25) is 24.0 Å². The summed E-state index contributed by atoms with van der Waals surface area (Å²) in [5.74, 6) is -6.04. The number of para-hydroxylation sites is 1. The van der Waals surface area contributed by atoms with Gasteiger partial charge in [0.2, 0.25) is 0 Å². The van der Waals surface area contributed by atoms with Gasteiger partial charge in [-0.05, 0) is 239 Å². The van der Waals surface area contributed by atoms with E-state index in [0.29, 0.717) is 60.6 Å². The van der Waals surface area contributed by atoms with Crippen LogP contribution in [0.25, 0.3) is 56.3 Å². The molecule has 0 unspecified atom stereocenters. The molecule has 0 spiro atoms. The van der Waals surface area contributed by atoms with E-state index in [9.17, 15) is 47.9 Å². The molecular formula is C94H108N12O17. The highest BCUT2D eigenvalue weighted by molar-refractivity contribution is 5.91. The van der Waals surface area contributed by atoms with Crippen molar-refractivity contribution in [1.82, 2.24) is 34.7 Å². The largest absolute Gasteiger partial charge is 0.477 e. The Labute approximate surface area is 712 Å². The van der Waals surface area contributed by atoms with Gasteiger partial charge >= 0.3 is 36.0 Å². The highest BCUT2D eigenvalue weighted by Gasteiger charge is 2.22. The van der Waals surface area contributed by atoms with Gasteiger partial charge in [0.1, 0.15) is 27.8 Å². The quantitative estimate of drug-likeness (QED) is 0.0217. The maximum atomic E-state index is 12.0. The highest BCUT2D eigenvalue weighted by Crippen LogP contribution is 2.32. The third kappa shape index (κ3) is 26.4. The third-order valence-electron chi connectivity index (χ3n) is 20.6. The van der Waals surface area contributed by atoms with Gasteiger partial charge in [0.25, 0.3) is 27.8 Å². The Morgan fingerprint density at radius 1 is 0.358 bits per heavy atom. The molecule has 1 aliphatic heterocycles. The second-order valence-corrected chi connectivity index (χ2v) is 29.3. The number of hydrogen-bond donors (Lipinski definition) is 11. The zero-order valence-electron chi connectivity index (χ0n) is 71.5. The van der Waals surface area contributed by atoms with Gasteiger partial charge in [0.05, 0.1) is 28.5 Å². The molecule has 12 rings (SSSR count). The van der Waals surface area contributed by atoms with E-state index in [1.165, 1.54) is 48.9 Å². The smallest absolute Gasteiger partial charge is 0.373 e. The van der Waals surface area contributed by atoms with Gasteiger partial charge in [-0.1, -0.05) is 113 Å². The van der Waals surface area contributed by atoms with Crippen LogP contribution in [0.15, 0.2) is 206 Å². The molecule has 0 aliphatic carbocycles. The van der Waals surface area contributed by atoms with Crippen LogP contribution in [0.3, 0.4) is 0 Å². The topological polar surface area (TPSA) is 416 Å². The third-order valence-corrected chi connectivity index (χ3v) is 20.6. The van der Waals surface area contributed by atoms with Crippen LogP contribution in [-0.2, 0) is 41.7 Å². The number of rotatable bonds is 28. The number of aryl methyl sites for hydroxylation is 5. The van der Waals surface area contributed by atoms with Gasteiger partial charge in [-0.15, -0.1) is 0 Å². The second-order valence-electron chi connectivity index (χ2n) is 29.3. The Morgan fingerprint density at radius 2 is 0.626 bits per heavy atom. The molecule has 1 saturated heterocycles. The van der Waals surface area contributed by atoms with Crippen LogP contribution in [0.4, 0.5) is 34.1 Å². The van der Waals surface area contributed by atoms with E-state index in [1.807, 2.05) is 223 Å². The van der Waals surface area contributed by atoms with Crippen molar-refractivity contribution in [2.24, 2.45) is 0 Å². The number of carbonyl (C=O) groups is 5. The van der Waals surface area contributed by atoms with Crippen molar-refractivity contribution in [1.29, 1.82) is 0 Å². The standard InChI is InChI=1S/C21H20N2O3.C19H25N3O3.C18H23N3O3.C18H20N2O3.C17H20N2O3.CO2/c1-3-14-13-18(21(25)26)20(24)22-19(14)15-9-11-17(12-10-15)23(2)16-7-5-4-6-8-16;1-5-13-12-16(19(24)25)18(23)20-17(13)14-6-8-15(9-7-14)22(4)11-10-21(2)3;1-4-12-11-15(18(23)24)17(22)20-16(12)13-5-7-14(8-6-13)19-9-10-21(2)3;1-2-12-11-15(18(22)23)17(21)19-16(12)13-5-7-14(8-6-13)20-9-3-4-10-20;1-4-11-10-14(17(21)22)16(20)18-15(11)12-6-8-13(9-7-12)19(3)5-2;2-1-3/h4-13H,3H2,1-2H3,(H,22,24)(H,25,26);6-9,12H,5,10-11H2,1-4H3,(H,20,23)(H,24,25);5-8,11,19H,4,9-10H2,1-3H3,(H,20,22)(H,23,24);5-8,11H,2-4,9-10H2,1H3,(H,19,21)(H,22,23);6-10H,4-5H2,1-3H3,(H,18,20)(H,21,22);. The first-order chi connectivity index (χ1) is 58.7.